The van der Waals surface area contributed by atoms with Crippen molar-refractivity contribution in [3.05, 3.63) is 59.1 Å². The number of methoxy groups -OCH3 is 1. The van der Waals surface area contributed by atoms with Crippen molar-refractivity contribution in [2.24, 2.45) is 0 Å². The topological polar surface area (TPSA) is 107 Å². The van der Waals surface area contributed by atoms with Crippen molar-refractivity contribution in [3.63, 3.8) is 0 Å². The van der Waals surface area contributed by atoms with Crippen molar-refractivity contribution >= 4 is 49.7 Å². The largest absolute Gasteiger partial charge is 0.493 e. The van der Waals surface area contributed by atoms with Gasteiger partial charge in [0, 0.05) is 34.8 Å². The van der Waals surface area contributed by atoms with Crippen molar-refractivity contribution in [2.45, 2.75) is 17.7 Å². The summed E-state index contributed by atoms with van der Waals surface area (Å²) in [5.41, 5.74) is 0.499. The van der Waals surface area contributed by atoms with Crippen molar-refractivity contribution in [1.82, 2.24) is 4.98 Å². The lowest BCUT2D eigenvalue weighted by Crippen LogP contribution is -2.14. The molecule has 164 valence electrons. The first-order chi connectivity index (χ1) is 14.9. The van der Waals surface area contributed by atoms with E-state index in [0.717, 1.165) is 0 Å². The van der Waals surface area contributed by atoms with E-state index in [1.807, 2.05) is 0 Å². The van der Waals surface area contributed by atoms with E-state index in [2.05, 4.69) is 15.0 Å². The number of amides is 1. The Morgan fingerprint density at radius 3 is 2.61 bits per heavy atom. The lowest BCUT2D eigenvalue weighted by molar-refractivity contribution is -0.116. The Morgan fingerprint density at radius 1 is 1.16 bits per heavy atom. The Morgan fingerprint density at radius 2 is 1.94 bits per heavy atom. The highest BCUT2D eigenvalue weighted by Crippen LogP contribution is 2.30. The lowest BCUT2D eigenvalue weighted by atomic mass is 10.2. The normalized spacial score (nSPS) is 11.0. The number of benzene rings is 2. The zero-order chi connectivity index (χ0) is 22.3. The highest BCUT2D eigenvalue weighted by atomic mass is 35.5. The number of thiazole rings is 1. The summed E-state index contributed by atoms with van der Waals surface area (Å²) in [5.74, 6) is 0.870. The molecule has 1 heterocycles. The van der Waals surface area contributed by atoms with E-state index in [4.69, 9.17) is 21.1 Å². The van der Waals surface area contributed by atoms with Gasteiger partial charge in [0.15, 0.2) is 16.6 Å². The molecular weight excluding hydrogens is 462 g/mol. The summed E-state index contributed by atoms with van der Waals surface area (Å²) < 4.78 is 37.9. The summed E-state index contributed by atoms with van der Waals surface area (Å²) in [6.45, 7) is 0.324. The summed E-state index contributed by atoms with van der Waals surface area (Å²) in [5, 5.41) is 5.24. The third-order valence-corrected chi connectivity index (χ3v) is 6.44. The Hall–Kier alpha value is -2.82. The maximum Gasteiger partial charge on any atom is 0.263 e. The van der Waals surface area contributed by atoms with Gasteiger partial charge in [-0.25, -0.2) is 13.4 Å². The molecule has 1 amide bonds. The number of sulfonamides is 1. The number of ether oxygens (including phenoxy) is 2. The molecule has 0 unspecified atom stereocenters. The van der Waals surface area contributed by atoms with Crippen molar-refractivity contribution in [3.8, 4) is 11.5 Å². The van der Waals surface area contributed by atoms with Gasteiger partial charge >= 0.3 is 0 Å². The summed E-state index contributed by atoms with van der Waals surface area (Å²) in [6.07, 6.45) is 2.24. The molecule has 0 saturated carbocycles. The Balaban J connectivity index is 1.46. The predicted molar refractivity (Wildman–Crippen MR) is 121 cm³/mol. The van der Waals surface area contributed by atoms with Crippen LogP contribution in [0.5, 0.6) is 11.5 Å². The molecule has 2 N–H and O–H groups in total. The second-order valence-electron chi connectivity index (χ2n) is 6.26. The second-order valence-corrected chi connectivity index (χ2v) is 9.28. The standard InChI is InChI=1S/C20H20ClN3O5S2/c1-28-18-13-14(21)4-9-17(18)29-11-2-3-19(25)23-15-5-7-16(8-6-15)31(26,27)24-20-22-10-12-30-20/h4-10,12-13H,2-3,11H2,1H3,(H,22,24)(H,23,25). The van der Waals surface area contributed by atoms with Crippen LogP contribution in [0, 0.1) is 0 Å². The monoisotopic (exact) mass is 481 g/mol. The summed E-state index contributed by atoms with van der Waals surface area (Å²) in [4.78, 5) is 16.1. The number of carbonyl (C=O) groups excluding carboxylic acids is 1. The molecule has 11 heteroatoms. The molecular formula is C20H20ClN3O5S2. The van der Waals surface area contributed by atoms with E-state index in [1.165, 1.54) is 48.9 Å². The smallest absolute Gasteiger partial charge is 0.263 e. The van der Waals surface area contributed by atoms with Crippen LogP contribution in [-0.2, 0) is 14.8 Å². The molecule has 3 aromatic rings. The number of nitrogens with one attached hydrogen (secondary N) is 2. The minimum Gasteiger partial charge on any atom is -0.493 e. The molecule has 2 aromatic carbocycles. The molecule has 0 spiro atoms. The average Bonchev–Trinajstić information content (AvgIpc) is 3.24. The molecule has 0 aliphatic rings. The number of anilines is 2. The number of carbonyl (C=O) groups is 1. The number of hydrogen-bond donors (Lipinski definition) is 2. The van der Waals surface area contributed by atoms with Gasteiger partial charge in [-0.2, -0.15) is 0 Å². The SMILES string of the molecule is COc1cc(Cl)ccc1OCCCC(=O)Nc1ccc(S(=O)(=O)Nc2nccs2)cc1. The van der Waals surface area contributed by atoms with Gasteiger partial charge in [0.1, 0.15) is 0 Å². The maximum atomic E-state index is 12.3. The molecule has 0 aliphatic carbocycles. The van der Waals surface area contributed by atoms with Gasteiger partial charge in [-0.3, -0.25) is 9.52 Å². The number of aromatic nitrogens is 1. The van der Waals surface area contributed by atoms with Gasteiger partial charge < -0.3 is 14.8 Å². The first kappa shape index (κ1) is 22.9. The Kier molecular flexibility index (Phi) is 7.72. The first-order valence-corrected chi connectivity index (χ1v) is 11.9. The van der Waals surface area contributed by atoms with Gasteiger partial charge in [-0.1, -0.05) is 11.6 Å². The summed E-state index contributed by atoms with van der Waals surface area (Å²) in [6, 6.07) is 11.0. The molecule has 1 aromatic heterocycles. The van der Waals surface area contributed by atoms with E-state index in [-0.39, 0.29) is 22.4 Å². The van der Waals surface area contributed by atoms with Gasteiger partial charge in [0.2, 0.25) is 5.91 Å². The highest BCUT2D eigenvalue weighted by molar-refractivity contribution is 7.93. The van der Waals surface area contributed by atoms with Gasteiger partial charge in [0.25, 0.3) is 10.0 Å². The molecule has 3 rings (SSSR count). The van der Waals surface area contributed by atoms with Crippen LogP contribution in [0.1, 0.15) is 12.8 Å². The van der Waals surface area contributed by atoms with Crippen molar-refractivity contribution < 1.29 is 22.7 Å². The van der Waals surface area contributed by atoms with Crippen molar-refractivity contribution in [2.75, 3.05) is 23.8 Å². The van der Waals surface area contributed by atoms with Crippen molar-refractivity contribution in [1.29, 1.82) is 0 Å². The van der Waals surface area contributed by atoms with Crippen LogP contribution in [0.25, 0.3) is 0 Å². The maximum absolute atomic E-state index is 12.3. The fourth-order valence-electron chi connectivity index (χ4n) is 2.56. The van der Waals surface area contributed by atoms with Crippen LogP contribution in [0.2, 0.25) is 5.02 Å². The third-order valence-electron chi connectivity index (χ3n) is 4.03. The lowest BCUT2D eigenvalue weighted by Gasteiger charge is -2.11. The Labute approximate surface area is 189 Å². The first-order valence-electron chi connectivity index (χ1n) is 9.16. The number of rotatable bonds is 10. The van der Waals surface area contributed by atoms with Crippen LogP contribution < -0.4 is 19.5 Å². The van der Waals surface area contributed by atoms with E-state index >= 15 is 0 Å². The molecule has 0 fully saturated rings. The molecule has 0 atom stereocenters. The quantitative estimate of drug-likeness (QED) is 0.415. The zero-order valence-corrected chi connectivity index (χ0v) is 18.9. The molecule has 31 heavy (non-hydrogen) atoms. The second kappa shape index (κ2) is 10.5. The predicted octanol–water partition coefficient (Wildman–Crippen LogP) is 4.40. The Bertz CT molecular complexity index is 1120. The molecule has 8 nitrogen and oxygen atoms in total. The fourth-order valence-corrected chi connectivity index (χ4v) is 4.51. The number of halogens is 1. The van der Waals surface area contributed by atoms with Crippen LogP contribution in [-0.4, -0.2) is 33.0 Å². The van der Waals surface area contributed by atoms with Gasteiger partial charge in [-0.05, 0) is 42.8 Å². The average molecular weight is 482 g/mol. The third kappa shape index (κ3) is 6.58. The van der Waals surface area contributed by atoms with E-state index < -0.39 is 10.0 Å². The molecule has 0 saturated heterocycles. The number of nitrogens with zero attached hydrogens (tertiary/aromatic N) is 1. The van der Waals surface area contributed by atoms with E-state index in [9.17, 15) is 13.2 Å². The van der Waals surface area contributed by atoms with Crippen LogP contribution in [0.4, 0.5) is 10.8 Å². The van der Waals surface area contributed by atoms with E-state index in [0.29, 0.717) is 35.2 Å². The van der Waals surface area contributed by atoms with Gasteiger partial charge in [-0.15, -0.1) is 11.3 Å². The molecule has 0 bridgehead atoms. The zero-order valence-electron chi connectivity index (χ0n) is 16.5. The van der Waals surface area contributed by atoms with Crippen LogP contribution >= 0.6 is 22.9 Å². The highest BCUT2D eigenvalue weighted by Gasteiger charge is 2.15. The summed E-state index contributed by atoms with van der Waals surface area (Å²) in [7, 11) is -2.21. The minimum absolute atomic E-state index is 0.0750. The molecule has 0 radical (unpaired) electrons. The fraction of sp³-hybridized carbons (Fsp3) is 0.200. The minimum atomic E-state index is -3.73. The van der Waals surface area contributed by atoms with Gasteiger partial charge in [0.05, 0.1) is 18.6 Å². The number of hydrogen-bond acceptors (Lipinski definition) is 7. The van der Waals surface area contributed by atoms with Crippen LogP contribution in [0.3, 0.4) is 0 Å². The van der Waals surface area contributed by atoms with Crippen LogP contribution in [0.15, 0.2) is 58.9 Å². The molecule has 0 aliphatic heterocycles. The summed E-state index contributed by atoms with van der Waals surface area (Å²) >= 11 is 7.10. The van der Waals surface area contributed by atoms with E-state index in [1.54, 1.807) is 23.6 Å².